The molecule has 0 heterocycles. The third kappa shape index (κ3) is 3.44. The van der Waals surface area contributed by atoms with Gasteiger partial charge in [-0.25, -0.2) is 0 Å². The van der Waals surface area contributed by atoms with Gasteiger partial charge < -0.3 is 14.4 Å². The lowest BCUT2D eigenvalue weighted by Gasteiger charge is -2.29. The minimum absolute atomic E-state index is 0.0679. The highest BCUT2D eigenvalue weighted by molar-refractivity contribution is 5.81. The number of carbonyl (C=O) groups excluding carboxylic acids is 1. The molecule has 0 spiro atoms. The van der Waals surface area contributed by atoms with Crippen LogP contribution in [0.3, 0.4) is 0 Å². The van der Waals surface area contributed by atoms with Gasteiger partial charge in [-0.1, -0.05) is 0 Å². The van der Waals surface area contributed by atoms with Crippen LogP contribution in [0.25, 0.3) is 0 Å². The zero-order chi connectivity index (χ0) is 14.7. The van der Waals surface area contributed by atoms with Crippen LogP contribution in [-0.4, -0.2) is 36.1 Å². The predicted molar refractivity (Wildman–Crippen MR) is 78.1 cm³/mol. The van der Waals surface area contributed by atoms with Gasteiger partial charge in [-0.3, -0.25) is 4.79 Å². The topological polar surface area (TPSA) is 38.8 Å². The zero-order valence-corrected chi connectivity index (χ0v) is 12.6. The summed E-state index contributed by atoms with van der Waals surface area (Å²) < 4.78 is 10.8. The molecule has 1 aromatic rings. The minimum atomic E-state index is -0.466. The summed E-state index contributed by atoms with van der Waals surface area (Å²) in [4.78, 5) is 14.4. The van der Waals surface area contributed by atoms with Crippen LogP contribution in [0.1, 0.15) is 33.6 Å². The van der Waals surface area contributed by atoms with Crippen molar-refractivity contribution in [3.8, 4) is 11.5 Å². The van der Waals surface area contributed by atoms with Crippen LogP contribution in [-0.2, 0) is 4.79 Å². The maximum atomic E-state index is 12.5. The predicted octanol–water partition coefficient (Wildman–Crippen LogP) is 2.86. The summed E-state index contributed by atoms with van der Waals surface area (Å²) in [6, 6.07) is 7.92. The van der Waals surface area contributed by atoms with Gasteiger partial charge in [-0.05, 0) is 57.9 Å². The molecule has 1 saturated carbocycles. The Kier molecular flexibility index (Phi) is 4.53. The molecule has 1 atom stereocenters. The quantitative estimate of drug-likeness (QED) is 0.802. The number of hydrogen-bond donors (Lipinski definition) is 0. The smallest absolute Gasteiger partial charge is 0.263 e. The molecule has 20 heavy (non-hydrogen) atoms. The molecule has 110 valence electrons. The second-order valence-corrected chi connectivity index (χ2v) is 5.51. The third-order valence-electron chi connectivity index (χ3n) is 3.47. The van der Waals surface area contributed by atoms with Crippen LogP contribution in [0.2, 0.25) is 0 Å². The molecule has 4 heteroatoms. The van der Waals surface area contributed by atoms with Gasteiger partial charge in [0.25, 0.3) is 5.91 Å². The molecule has 1 fully saturated rings. The number of rotatable bonds is 6. The number of ether oxygens (including phenoxy) is 2. The highest BCUT2D eigenvalue weighted by Gasteiger charge is 2.36. The lowest BCUT2D eigenvalue weighted by molar-refractivity contribution is -0.140. The summed E-state index contributed by atoms with van der Waals surface area (Å²) in [7, 11) is 1.62. The van der Waals surface area contributed by atoms with Crippen LogP contribution in [0.4, 0.5) is 0 Å². The van der Waals surface area contributed by atoms with E-state index in [1.807, 2.05) is 36.1 Å². The van der Waals surface area contributed by atoms with Crippen molar-refractivity contribution in [2.24, 2.45) is 0 Å². The lowest BCUT2D eigenvalue weighted by atomic mass is 10.2. The average molecular weight is 277 g/mol. The molecular formula is C16H23NO3. The average Bonchev–Trinajstić information content (AvgIpc) is 3.23. The second kappa shape index (κ2) is 6.16. The Balaban J connectivity index is 1.98. The van der Waals surface area contributed by atoms with Crippen LogP contribution in [0, 0.1) is 0 Å². The van der Waals surface area contributed by atoms with Gasteiger partial charge in [0.15, 0.2) is 6.10 Å². The van der Waals surface area contributed by atoms with E-state index < -0.39 is 6.10 Å². The molecular weight excluding hydrogens is 254 g/mol. The van der Waals surface area contributed by atoms with Gasteiger partial charge in [-0.15, -0.1) is 0 Å². The summed E-state index contributed by atoms with van der Waals surface area (Å²) in [5, 5.41) is 0. The van der Waals surface area contributed by atoms with Gasteiger partial charge >= 0.3 is 0 Å². The fraction of sp³-hybridized carbons (Fsp3) is 0.562. The van der Waals surface area contributed by atoms with E-state index in [4.69, 9.17) is 9.47 Å². The molecule has 0 bridgehead atoms. The van der Waals surface area contributed by atoms with E-state index in [-0.39, 0.29) is 11.9 Å². The Hall–Kier alpha value is -1.71. The Morgan fingerprint density at radius 2 is 1.70 bits per heavy atom. The lowest BCUT2D eigenvalue weighted by Crippen LogP contribution is -2.45. The number of hydrogen-bond acceptors (Lipinski definition) is 3. The van der Waals surface area contributed by atoms with Crippen LogP contribution >= 0.6 is 0 Å². The molecule has 1 aromatic carbocycles. The summed E-state index contributed by atoms with van der Waals surface area (Å²) >= 11 is 0. The molecule has 2 rings (SSSR count). The van der Waals surface area contributed by atoms with Crippen molar-refractivity contribution in [1.82, 2.24) is 4.90 Å². The molecule has 0 saturated heterocycles. The van der Waals surface area contributed by atoms with Gasteiger partial charge in [0.05, 0.1) is 7.11 Å². The monoisotopic (exact) mass is 277 g/mol. The Bertz CT molecular complexity index is 449. The summed E-state index contributed by atoms with van der Waals surface area (Å²) in [5.41, 5.74) is 0. The standard InChI is InChI=1S/C16H23NO3/c1-11(2)17(13-5-6-13)16(18)12(3)20-15-9-7-14(19-4)8-10-15/h7-13H,5-6H2,1-4H3. The van der Waals surface area contributed by atoms with Crippen LogP contribution < -0.4 is 9.47 Å². The van der Waals surface area contributed by atoms with Gasteiger partial charge in [0.1, 0.15) is 11.5 Å². The first-order chi connectivity index (χ1) is 9.52. The molecule has 1 unspecified atom stereocenters. The molecule has 1 aliphatic rings. The van der Waals surface area contributed by atoms with E-state index in [0.717, 1.165) is 18.6 Å². The Labute approximate surface area is 120 Å². The molecule has 4 nitrogen and oxygen atoms in total. The number of amides is 1. The van der Waals surface area contributed by atoms with Gasteiger partial charge in [-0.2, -0.15) is 0 Å². The van der Waals surface area contributed by atoms with E-state index >= 15 is 0 Å². The summed E-state index contributed by atoms with van der Waals surface area (Å²) in [6.45, 7) is 5.91. The van der Waals surface area contributed by atoms with Crippen molar-refractivity contribution in [1.29, 1.82) is 0 Å². The maximum Gasteiger partial charge on any atom is 0.263 e. The zero-order valence-electron chi connectivity index (χ0n) is 12.6. The molecule has 0 aromatic heterocycles. The molecule has 0 aliphatic heterocycles. The van der Waals surface area contributed by atoms with Crippen molar-refractivity contribution in [3.63, 3.8) is 0 Å². The van der Waals surface area contributed by atoms with E-state index in [9.17, 15) is 4.79 Å². The SMILES string of the molecule is COc1ccc(OC(C)C(=O)N(C(C)C)C2CC2)cc1. The molecule has 1 aliphatic carbocycles. The van der Waals surface area contributed by atoms with E-state index in [1.54, 1.807) is 7.11 Å². The number of nitrogens with zero attached hydrogens (tertiary/aromatic N) is 1. The summed E-state index contributed by atoms with van der Waals surface area (Å²) in [5.74, 6) is 1.53. The fourth-order valence-corrected chi connectivity index (χ4v) is 2.33. The first kappa shape index (κ1) is 14.7. The number of carbonyl (C=O) groups is 1. The van der Waals surface area contributed by atoms with Crippen LogP contribution in [0.15, 0.2) is 24.3 Å². The summed E-state index contributed by atoms with van der Waals surface area (Å²) in [6.07, 6.45) is 1.75. The maximum absolute atomic E-state index is 12.5. The molecule has 0 radical (unpaired) electrons. The fourth-order valence-electron chi connectivity index (χ4n) is 2.33. The highest BCUT2D eigenvalue weighted by Crippen LogP contribution is 2.29. The van der Waals surface area contributed by atoms with E-state index in [1.165, 1.54) is 0 Å². The second-order valence-electron chi connectivity index (χ2n) is 5.51. The van der Waals surface area contributed by atoms with Crippen molar-refractivity contribution in [3.05, 3.63) is 24.3 Å². The van der Waals surface area contributed by atoms with Crippen molar-refractivity contribution in [2.75, 3.05) is 7.11 Å². The van der Waals surface area contributed by atoms with Gasteiger partial charge in [0, 0.05) is 12.1 Å². The normalized spacial score (nSPS) is 15.8. The van der Waals surface area contributed by atoms with Gasteiger partial charge in [0.2, 0.25) is 0 Å². The number of benzene rings is 1. The first-order valence-corrected chi connectivity index (χ1v) is 7.15. The largest absolute Gasteiger partial charge is 0.497 e. The highest BCUT2D eigenvalue weighted by atomic mass is 16.5. The Morgan fingerprint density at radius 1 is 1.15 bits per heavy atom. The third-order valence-corrected chi connectivity index (χ3v) is 3.47. The van der Waals surface area contributed by atoms with E-state index in [0.29, 0.717) is 11.8 Å². The van der Waals surface area contributed by atoms with Crippen molar-refractivity contribution >= 4 is 5.91 Å². The molecule has 0 N–H and O–H groups in total. The minimum Gasteiger partial charge on any atom is -0.497 e. The Morgan fingerprint density at radius 3 is 2.15 bits per heavy atom. The molecule has 1 amide bonds. The van der Waals surface area contributed by atoms with Crippen molar-refractivity contribution < 1.29 is 14.3 Å². The first-order valence-electron chi connectivity index (χ1n) is 7.15. The number of methoxy groups -OCH3 is 1. The van der Waals surface area contributed by atoms with Crippen LogP contribution in [0.5, 0.6) is 11.5 Å². The van der Waals surface area contributed by atoms with Crippen molar-refractivity contribution in [2.45, 2.75) is 51.8 Å². The van der Waals surface area contributed by atoms with E-state index in [2.05, 4.69) is 13.8 Å².